The molecule has 0 aromatic heterocycles. The number of methoxy groups -OCH3 is 1. The van der Waals surface area contributed by atoms with Gasteiger partial charge >= 0.3 is 0 Å². The number of carbonyl (C=O) groups excluding carboxylic acids is 1. The van der Waals surface area contributed by atoms with Crippen molar-refractivity contribution in [2.45, 2.75) is 19.4 Å². The van der Waals surface area contributed by atoms with Crippen LogP contribution in [0.25, 0.3) is 0 Å². The zero-order chi connectivity index (χ0) is 16.2. The fourth-order valence-corrected chi connectivity index (χ4v) is 2.95. The normalized spacial score (nSPS) is 21.7. The summed E-state index contributed by atoms with van der Waals surface area (Å²) in [7, 11) is 1.64. The molecule has 0 aliphatic carbocycles. The van der Waals surface area contributed by atoms with Crippen LogP contribution in [0.5, 0.6) is 5.75 Å². The lowest BCUT2D eigenvalue weighted by atomic mass is 10.0. The van der Waals surface area contributed by atoms with E-state index in [1.54, 1.807) is 7.11 Å². The minimum absolute atomic E-state index is 0.0491. The Morgan fingerprint density at radius 1 is 1.26 bits per heavy atom. The predicted octanol–water partition coefficient (Wildman–Crippen LogP) is 1.35. The number of piperazine rings is 1. The highest BCUT2D eigenvalue weighted by Crippen LogP contribution is 2.21. The molecular formula is C17H23N3O3. The van der Waals surface area contributed by atoms with Crippen LogP contribution in [0.2, 0.25) is 0 Å². The average Bonchev–Trinajstić information content (AvgIpc) is 3.11. The Labute approximate surface area is 136 Å². The number of rotatable bonds is 4. The van der Waals surface area contributed by atoms with Crippen LogP contribution in [0, 0.1) is 0 Å². The van der Waals surface area contributed by atoms with Crippen LogP contribution in [0.4, 0.5) is 0 Å². The first kappa shape index (κ1) is 15.8. The van der Waals surface area contributed by atoms with E-state index < -0.39 is 6.10 Å². The molecule has 23 heavy (non-hydrogen) atoms. The Morgan fingerprint density at radius 2 is 1.96 bits per heavy atom. The maximum atomic E-state index is 12.6. The molecule has 1 unspecified atom stereocenters. The molecule has 0 spiro atoms. The molecule has 2 aliphatic rings. The number of nitrogens with zero attached hydrogens (tertiary/aromatic N) is 3. The van der Waals surface area contributed by atoms with Crippen LogP contribution in [0.3, 0.4) is 0 Å². The fraction of sp³-hybridized carbons (Fsp3) is 0.529. The van der Waals surface area contributed by atoms with E-state index in [1.807, 2.05) is 29.2 Å². The number of hydrogen-bond donors (Lipinski definition) is 0. The van der Waals surface area contributed by atoms with Gasteiger partial charge in [0.05, 0.1) is 12.8 Å². The molecule has 1 amide bonds. The Bertz CT molecular complexity index is 577. The zero-order valence-electron chi connectivity index (χ0n) is 13.7. The standard InChI is InChI=1S/C17H23N3O3/c1-3-19-8-10-20(11-9-19)17(21)16-12-15(18-23-16)13-4-6-14(22-2)7-5-13/h4-7,16H,3,8-12H2,1-2H3. The van der Waals surface area contributed by atoms with Crippen LogP contribution >= 0.6 is 0 Å². The number of oxime groups is 1. The number of amides is 1. The highest BCUT2D eigenvalue weighted by Gasteiger charge is 2.33. The van der Waals surface area contributed by atoms with Crippen LogP contribution in [0.15, 0.2) is 29.4 Å². The second-order valence-electron chi connectivity index (χ2n) is 5.82. The Balaban J connectivity index is 1.57. The molecule has 2 aliphatic heterocycles. The van der Waals surface area contributed by atoms with Gasteiger partial charge in [0, 0.05) is 32.6 Å². The Kier molecular flexibility index (Phi) is 4.81. The minimum Gasteiger partial charge on any atom is -0.497 e. The van der Waals surface area contributed by atoms with E-state index in [9.17, 15) is 4.79 Å². The third-order valence-corrected chi connectivity index (χ3v) is 4.50. The number of benzene rings is 1. The molecule has 1 fully saturated rings. The summed E-state index contributed by atoms with van der Waals surface area (Å²) in [5.74, 6) is 0.850. The average molecular weight is 317 g/mol. The number of hydrogen-bond acceptors (Lipinski definition) is 5. The molecule has 1 atom stereocenters. The van der Waals surface area contributed by atoms with E-state index in [2.05, 4.69) is 17.0 Å². The van der Waals surface area contributed by atoms with Gasteiger partial charge in [-0.1, -0.05) is 12.1 Å². The minimum atomic E-state index is -0.486. The lowest BCUT2D eigenvalue weighted by Gasteiger charge is -2.34. The van der Waals surface area contributed by atoms with Gasteiger partial charge in [0.2, 0.25) is 6.10 Å². The Morgan fingerprint density at radius 3 is 2.57 bits per heavy atom. The van der Waals surface area contributed by atoms with Crippen molar-refractivity contribution in [1.29, 1.82) is 0 Å². The third-order valence-electron chi connectivity index (χ3n) is 4.50. The molecular weight excluding hydrogens is 294 g/mol. The molecule has 2 heterocycles. The molecule has 6 heteroatoms. The maximum absolute atomic E-state index is 12.6. The molecule has 0 bridgehead atoms. The number of carbonyl (C=O) groups is 1. The largest absolute Gasteiger partial charge is 0.497 e. The SMILES string of the molecule is CCN1CCN(C(=O)C2CC(c3ccc(OC)cc3)=NO2)CC1. The Hall–Kier alpha value is -2.08. The van der Waals surface area contributed by atoms with E-state index in [1.165, 1.54) is 0 Å². The van der Waals surface area contributed by atoms with Gasteiger partial charge in [-0.05, 0) is 36.4 Å². The first-order valence-electron chi connectivity index (χ1n) is 8.09. The quantitative estimate of drug-likeness (QED) is 0.841. The summed E-state index contributed by atoms with van der Waals surface area (Å²) in [5.41, 5.74) is 1.79. The summed E-state index contributed by atoms with van der Waals surface area (Å²) in [5, 5.41) is 4.11. The topological polar surface area (TPSA) is 54.4 Å². The summed E-state index contributed by atoms with van der Waals surface area (Å²) < 4.78 is 5.15. The lowest BCUT2D eigenvalue weighted by Crippen LogP contribution is -2.51. The smallest absolute Gasteiger partial charge is 0.266 e. The van der Waals surface area contributed by atoms with Gasteiger partial charge in [-0.25, -0.2) is 0 Å². The van der Waals surface area contributed by atoms with Gasteiger partial charge < -0.3 is 19.4 Å². The van der Waals surface area contributed by atoms with Crippen molar-refractivity contribution < 1.29 is 14.4 Å². The number of likely N-dealkylation sites (N-methyl/N-ethyl adjacent to an activating group) is 1. The molecule has 6 nitrogen and oxygen atoms in total. The zero-order valence-corrected chi connectivity index (χ0v) is 13.7. The van der Waals surface area contributed by atoms with Crippen LogP contribution in [-0.4, -0.2) is 67.4 Å². The highest BCUT2D eigenvalue weighted by atomic mass is 16.6. The first-order chi connectivity index (χ1) is 11.2. The van der Waals surface area contributed by atoms with E-state index in [0.29, 0.717) is 6.42 Å². The summed E-state index contributed by atoms with van der Waals surface area (Å²) in [6.45, 7) is 6.58. The summed E-state index contributed by atoms with van der Waals surface area (Å²) in [6, 6.07) is 7.65. The monoisotopic (exact) mass is 317 g/mol. The summed E-state index contributed by atoms with van der Waals surface area (Å²) in [6.07, 6.45) is 0.0411. The van der Waals surface area contributed by atoms with Crippen molar-refractivity contribution in [3.8, 4) is 5.75 Å². The molecule has 1 aromatic carbocycles. The van der Waals surface area contributed by atoms with Gasteiger partial charge in [0.1, 0.15) is 5.75 Å². The fourth-order valence-electron chi connectivity index (χ4n) is 2.95. The van der Waals surface area contributed by atoms with Crippen LogP contribution < -0.4 is 4.74 Å². The molecule has 0 N–H and O–H groups in total. The first-order valence-corrected chi connectivity index (χ1v) is 8.09. The van der Waals surface area contributed by atoms with Gasteiger partial charge in [0.15, 0.2) is 0 Å². The molecule has 124 valence electrons. The van der Waals surface area contributed by atoms with E-state index >= 15 is 0 Å². The molecule has 3 rings (SSSR count). The third kappa shape index (κ3) is 3.47. The summed E-state index contributed by atoms with van der Waals surface area (Å²) >= 11 is 0. The summed E-state index contributed by atoms with van der Waals surface area (Å²) in [4.78, 5) is 22.2. The lowest BCUT2D eigenvalue weighted by molar-refractivity contribution is -0.143. The number of ether oxygens (including phenoxy) is 1. The second-order valence-corrected chi connectivity index (χ2v) is 5.82. The van der Waals surface area contributed by atoms with E-state index in [4.69, 9.17) is 9.57 Å². The highest BCUT2D eigenvalue weighted by molar-refractivity contribution is 6.04. The van der Waals surface area contributed by atoms with Crippen LogP contribution in [0.1, 0.15) is 18.9 Å². The van der Waals surface area contributed by atoms with Crippen molar-refractivity contribution in [3.63, 3.8) is 0 Å². The van der Waals surface area contributed by atoms with Gasteiger partial charge in [-0.15, -0.1) is 0 Å². The molecule has 0 saturated carbocycles. The van der Waals surface area contributed by atoms with Crippen LogP contribution in [-0.2, 0) is 9.63 Å². The van der Waals surface area contributed by atoms with E-state index in [-0.39, 0.29) is 5.91 Å². The van der Waals surface area contributed by atoms with Crippen molar-refractivity contribution in [3.05, 3.63) is 29.8 Å². The molecule has 1 aromatic rings. The van der Waals surface area contributed by atoms with E-state index in [0.717, 1.165) is 49.7 Å². The van der Waals surface area contributed by atoms with Gasteiger partial charge in [0.25, 0.3) is 5.91 Å². The van der Waals surface area contributed by atoms with Crippen molar-refractivity contribution in [2.75, 3.05) is 39.8 Å². The van der Waals surface area contributed by atoms with Gasteiger partial charge in [-0.3, -0.25) is 4.79 Å². The van der Waals surface area contributed by atoms with Crippen molar-refractivity contribution in [1.82, 2.24) is 9.80 Å². The predicted molar refractivity (Wildman–Crippen MR) is 87.7 cm³/mol. The van der Waals surface area contributed by atoms with Crippen molar-refractivity contribution >= 4 is 11.6 Å². The van der Waals surface area contributed by atoms with Crippen molar-refractivity contribution in [2.24, 2.45) is 5.16 Å². The molecule has 0 radical (unpaired) electrons. The second kappa shape index (κ2) is 7.00. The van der Waals surface area contributed by atoms with Gasteiger partial charge in [-0.2, -0.15) is 0 Å². The molecule has 1 saturated heterocycles. The maximum Gasteiger partial charge on any atom is 0.266 e.